The molecule has 1 aromatic heterocycles. The van der Waals surface area contributed by atoms with Crippen LogP contribution < -0.4 is 11.1 Å². The van der Waals surface area contributed by atoms with Crippen molar-refractivity contribution in [2.45, 2.75) is 65.3 Å². The number of unbranched alkanes of at least 4 members (excludes halogenated alkanes) is 1. The van der Waals surface area contributed by atoms with Crippen molar-refractivity contribution >= 4 is 28.4 Å². The maximum absolute atomic E-state index is 12.1. The number of nitrogens with zero attached hydrogens (tertiary/aromatic N) is 1. The van der Waals surface area contributed by atoms with Gasteiger partial charge in [-0.2, -0.15) is 0 Å². The summed E-state index contributed by atoms with van der Waals surface area (Å²) in [5.41, 5.74) is 12.8. The van der Waals surface area contributed by atoms with Gasteiger partial charge in [0.15, 0.2) is 0 Å². The Balaban J connectivity index is 1.58. The lowest BCUT2D eigenvalue weighted by atomic mass is 9.86. The van der Waals surface area contributed by atoms with Crippen molar-refractivity contribution in [2.24, 2.45) is 5.92 Å². The summed E-state index contributed by atoms with van der Waals surface area (Å²) >= 11 is 0. The fourth-order valence-corrected chi connectivity index (χ4v) is 4.47. The van der Waals surface area contributed by atoms with E-state index in [9.17, 15) is 4.79 Å². The Kier molecular flexibility index (Phi) is 6.73. The van der Waals surface area contributed by atoms with Gasteiger partial charge in [-0.15, -0.1) is 0 Å². The number of aryl methyl sites for hydroxylation is 1. The molecule has 1 fully saturated rings. The zero-order chi connectivity index (χ0) is 22.7. The van der Waals surface area contributed by atoms with Gasteiger partial charge >= 0.3 is 6.09 Å². The summed E-state index contributed by atoms with van der Waals surface area (Å²) in [7, 11) is 0. The van der Waals surface area contributed by atoms with Crippen LogP contribution in [0.5, 0.6) is 0 Å². The molecule has 3 aromatic rings. The molecule has 1 saturated carbocycles. The molecule has 1 heterocycles. The molecule has 1 amide bonds. The van der Waals surface area contributed by atoms with Gasteiger partial charge in [0.2, 0.25) is 0 Å². The van der Waals surface area contributed by atoms with Crippen molar-refractivity contribution in [3.05, 3.63) is 48.0 Å². The van der Waals surface area contributed by atoms with Crippen LogP contribution in [0.4, 0.5) is 16.2 Å². The fraction of sp³-hybridized carbons (Fsp3) is 0.444. The van der Waals surface area contributed by atoms with Crippen molar-refractivity contribution in [2.75, 3.05) is 17.7 Å². The summed E-state index contributed by atoms with van der Waals surface area (Å²) in [5, 5.41) is 3.92. The van der Waals surface area contributed by atoms with Gasteiger partial charge in [-0.3, -0.25) is 5.32 Å². The molecule has 32 heavy (non-hydrogen) atoms. The van der Waals surface area contributed by atoms with Crippen molar-refractivity contribution in [1.29, 1.82) is 0 Å². The lowest BCUT2D eigenvalue weighted by Crippen LogP contribution is -2.22. The average Bonchev–Trinajstić information content (AvgIpc) is 3.04. The van der Waals surface area contributed by atoms with Gasteiger partial charge in [0.1, 0.15) is 0 Å². The van der Waals surface area contributed by atoms with Crippen LogP contribution in [-0.4, -0.2) is 17.3 Å². The standard InChI is InChI=1S/C27H35N3O2/c1-4-5-7-19-10-15-23-24(16-19)30(18(2)3)26(25(23)28)21-11-13-22(14-12-21)29-27(31)32-17-20-8-6-9-20/h10-16,18,20H,4-9,17,28H2,1-3H3,(H,29,31). The van der Waals surface area contributed by atoms with Crippen LogP contribution in [0.15, 0.2) is 42.5 Å². The van der Waals surface area contributed by atoms with E-state index in [0.29, 0.717) is 12.5 Å². The molecule has 3 N–H and O–H groups in total. The molecular weight excluding hydrogens is 398 g/mol. The molecule has 0 unspecified atom stereocenters. The Morgan fingerprint density at radius 3 is 2.56 bits per heavy atom. The number of aromatic nitrogens is 1. The highest BCUT2D eigenvalue weighted by Crippen LogP contribution is 2.39. The van der Waals surface area contributed by atoms with Gasteiger partial charge in [-0.1, -0.05) is 44.0 Å². The first kappa shape index (κ1) is 22.3. The predicted octanol–water partition coefficient (Wildman–Crippen LogP) is 7.16. The summed E-state index contributed by atoms with van der Waals surface area (Å²) in [6.07, 6.45) is 6.63. The molecule has 0 bridgehead atoms. The predicted molar refractivity (Wildman–Crippen MR) is 133 cm³/mol. The normalized spacial score (nSPS) is 14.0. The van der Waals surface area contributed by atoms with E-state index < -0.39 is 0 Å². The van der Waals surface area contributed by atoms with Gasteiger partial charge in [0.05, 0.1) is 23.5 Å². The van der Waals surface area contributed by atoms with Crippen LogP contribution in [0.1, 0.15) is 64.5 Å². The van der Waals surface area contributed by atoms with Gasteiger partial charge in [0.25, 0.3) is 0 Å². The first-order valence-electron chi connectivity index (χ1n) is 11.9. The second kappa shape index (κ2) is 9.68. The number of carbonyl (C=O) groups is 1. The number of fused-ring (bicyclic) bond motifs is 1. The summed E-state index contributed by atoms with van der Waals surface area (Å²) in [6, 6.07) is 14.8. The van der Waals surface area contributed by atoms with Gasteiger partial charge < -0.3 is 15.0 Å². The highest BCUT2D eigenvalue weighted by molar-refractivity contribution is 6.01. The molecule has 4 rings (SSSR count). The van der Waals surface area contributed by atoms with E-state index in [2.05, 4.69) is 48.9 Å². The number of carbonyl (C=O) groups excluding carboxylic acids is 1. The minimum Gasteiger partial charge on any atom is -0.449 e. The Morgan fingerprint density at radius 2 is 1.94 bits per heavy atom. The zero-order valence-electron chi connectivity index (χ0n) is 19.5. The average molecular weight is 434 g/mol. The number of hydrogen-bond donors (Lipinski definition) is 2. The smallest absolute Gasteiger partial charge is 0.411 e. The van der Waals surface area contributed by atoms with E-state index in [4.69, 9.17) is 10.5 Å². The highest BCUT2D eigenvalue weighted by Gasteiger charge is 2.20. The van der Waals surface area contributed by atoms with Crippen molar-refractivity contribution in [1.82, 2.24) is 4.57 Å². The second-order valence-corrected chi connectivity index (χ2v) is 9.28. The Labute approximate surface area is 190 Å². The van der Waals surface area contributed by atoms with Crippen LogP contribution in [0.25, 0.3) is 22.2 Å². The number of nitrogens with one attached hydrogen (secondary N) is 1. The monoisotopic (exact) mass is 433 g/mol. The zero-order valence-corrected chi connectivity index (χ0v) is 19.5. The summed E-state index contributed by atoms with van der Waals surface area (Å²) in [5.74, 6) is 0.534. The number of hydrogen-bond acceptors (Lipinski definition) is 3. The molecule has 1 aliphatic rings. The number of anilines is 2. The van der Waals surface area contributed by atoms with E-state index >= 15 is 0 Å². The first-order chi connectivity index (χ1) is 15.5. The van der Waals surface area contributed by atoms with Crippen LogP contribution in [0.3, 0.4) is 0 Å². The molecule has 0 spiro atoms. The van der Waals surface area contributed by atoms with Gasteiger partial charge in [0, 0.05) is 22.7 Å². The minimum absolute atomic E-state index is 0.269. The summed E-state index contributed by atoms with van der Waals surface area (Å²) in [4.78, 5) is 12.1. The van der Waals surface area contributed by atoms with E-state index in [-0.39, 0.29) is 12.1 Å². The molecule has 5 heteroatoms. The molecule has 1 aliphatic carbocycles. The Bertz CT molecular complexity index is 1080. The second-order valence-electron chi connectivity index (χ2n) is 9.28. The molecule has 170 valence electrons. The highest BCUT2D eigenvalue weighted by atomic mass is 16.5. The van der Waals surface area contributed by atoms with Crippen LogP contribution >= 0.6 is 0 Å². The van der Waals surface area contributed by atoms with Crippen LogP contribution in [0.2, 0.25) is 0 Å². The van der Waals surface area contributed by atoms with Gasteiger partial charge in [-0.05, 0) is 69.2 Å². The first-order valence-corrected chi connectivity index (χ1v) is 11.9. The third-order valence-electron chi connectivity index (χ3n) is 6.52. The maximum atomic E-state index is 12.1. The molecule has 0 aliphatic heterocycles. The molecular formula is C27H35N3O2. The van der Waals surface area contributed by atoms with E-state index in [1.54, 1.807) is 0 Å². The maximum Gasteiger partial charge on any atom is 0.411 e. The lowest BCUT2D eigenvalue weighted by Gasteiger charge is -2.24. The molecule has 0 atom stereocenters. The molecule has 2 aromatic carbocycles. The summed E-state index contributed by atoms with van der Waals surface area (Å²) < 4.78 is 7.67. The van der Waals surface area contributed by atoms with Crippen molar-refractivity contribution < 1.29 is 9.53 Å². The SMILES string of the molecule is CCCCc1ccc2c(N)c(-c3ccc(NC(=O)OCC4CCC4)cc3)n(C(C)C)c2c1. The van der Waals surface area contributed by atoms with Crippen LogP contribution in [0, 0.1) is 5.92 Å². The molecule has 0 saturated heterocycles. The van der Waals surface area contributed by atoms with E-state index in [1.807, 2.05) is 24.3 Å². The number of nitrogens with two attached hydrogens (primary N) is 1. The quantitative estimate of drug-likeness (QED) is 0.396. The van der Waals surface area contributed by atoms with Crippen LogP contribution in [-0.2, 0) is 11.2 Å². The van der Waals surface area contributed by atoms with E-state index in [1.165, 1.54) is 30.3 Å². The Morgan fingerprint density at radius 1 is 1.19 bits per heavy atom. The lowest BCUT2D eigenvalue weighted by molar-refractivity contribution is 0.115. The van der Waals surface area contributed by atoms with Crippen molar-refractivity contribution in [3.8, 4) is 11.3 Å². The topological polar surface area (TPSA) is 69.3 Å². The van der Waals surface area contributed by atoms with Gasteiger partial charge in [-0.25, -0.2) is 4.79 Å². The Hall–Kier alpha value is -2.95. The third-order valence-corrected chi connectivity index (χ3v) is 6.52. The summed E-state index contributed by atoms with van der Waals surface area (Å²) in [6.45, 7) is 7.11. The van der Waals surface area contributed by atoms with E-state index in [0.717, 1.165) is 47.3 Å². The molecule has 0 radical (unpaired) electrons. The molecule has 5 nitrogen and oxygen atoms in total. The number of rotatable bonds is 8. The minimum atomic E-state index is -0.389. The number of ether oxygens (including phenoxy) is 1. The number of amides is 1. The number of benzene rings is 2. The number of nitrogen functional groups attached to an aromatic ring is 1. The fourth-order valence-electron chi connectivity index (χ4n) is 4.47. The largest absolute Gasteiger partial charge is 0.449 e. The van der Waals surface area contributed by atoms with Crippen molar-refractivity contribution in [3.63, 3.8) is 0 Å². The third kappa shape index (κ3) is 4.62.